The molecular formula is C55H36N2S. The molecule has 2 atom stereocenters. The Bertz CT molecular complexity index is 3540. The van der Waals surface area contributed by atoms with Crippen LogP contribution in [0.5, 0.6) is 0 Å². The molecule has 0 saturated heterocycles. The molecule has 1 aliphatic carbocycles. The van der Waals surface area contributed by atoms with Gasteiger partial charge in [0.2, 0.25) is 0 Å². The van der Waals surface area contributed by atoms with Gasteiger partial charge in [0.1, 0.15) is 0 Å². The molecule has 2 aromatic heterocycles. The number of para-hydroxylation sites is 2. The normalized spacial score (nSPS) is 17.2. The molecule has 1 aliphatic heterocycles. The molecule has 2 unspecified atom stereocenters. The van der Waals surface area contributed by atoms with Crippen molar-refractivity contribution in [1.29, 1.82) is 0 Å². The molecule has 272 valence electrons. The summed E-state index contributed by atoms with van der Waals surface area (Å²) in [6.07, 6.45) is 4.87. The van der Waals surface area contributed by atoms with E-state index in [-0.39, 0.29) is 11.5 Å². The highest BCUT2D eigenvalue weighted by Crippen LogP contribution is 2.61. The van der Waals surface area contributed by atoms with Gasteiger partial charge in [-0.1, -0.05) is 140 Å². The molecular weight excluding hydrogens is 721 g/mol. The zero-order chi connectivity index (χ0) is 38.1. The number of fused-ring (bicyclic) bond motifs is 17. The Morgan fingerprint density at radius 1 is 0.517 bits per heavy atom. The predicted molar refractivity (Wildman–Crippen MR) is 248 cm³/mol. The molecule has 9 aromatic carbocycles. The fourth-order valence-electron chi connectivity index (χ4n) is 10.6. The fourth-order valence-corrected chi connectivity index (χ4v) is 11.9. The number of aromatic nitrogens is 1. The molecule has 13 rings (SSSR count). The van der Waals surface area contributed by atoms with E-state index in [9.17, 15) is 0 Å². The fraction of sp³-hybridized carbons (Fsp3) is 0.0545. The second kappa shape index (κ2) is 11.8. The zero-order valence-corrected chi connectivity index (χ0v) is 32.7. The molecule has 2 nitrogen and oxygen atoms in total. The van der Waals surface area contributed by atoms with Crippen molar-refractivity contribution < 1.29 is 0 Å². The van der Waals surface area contributed by atoms with Gasteiger partial charge < -0.3 is 9.47 Å². The van der Waals surface area contributed by atoms with Crippen molar-refractivity contribution in [2.24, 2.45) is 0 Å². The third kappa shape index (κ3) is 4.26. The number of thiophene rings is 1. The average Bonchev–Trinajstić information content (AvgIpc) is 3.93. The van der Waals surface area contributed by atoms with Gasteiger partial charge in [-0.15, -0.1) is 11.3 Å². The third-order valence-electron chi connectivity index (χ3n) is 13.2. The van der Waals surface area contributed by atoms with Crippen molar-refractivity contribution in [3.8, 4) is 16.8 Å². The van der Waals surface area contributed by atoms with Crippen LogP contribution in [0, 0.1) is 0 Å². The lowest BCUT2D eigenvalue weighted by molar-refractivity contribution is 0.502. The number of hydrogen-bond donors (Lipinski definition) is 0. The number of nitrogens with zero attached hydrogens (tertiary/aromatic N) is 2. The van der Waals surface area contributed by atoms with Crippen LogP contribution in [0.3, 0.4) is 0 Å². The highest BCUT2D eigenvalue weighted by molar-refractivity contribution is 7.26. The predicted octanol–water partition coefficient (Wildman–Crippen LogP) is 15.3. The van der Waals surface area contributed by atoms with Gasteiger partial charge >= 0.3 is 0 Å². The molecule has 0 N–H and O–H groups in total. The minimum atomic E-state index is -0.263. The van der Waals surface area contributed by atoms with Crippen LogP contribution >= 0.6 is 11.3 Å². The molecule has 3 heteroatoms. The Morgan fingerprint density at radius 3 is 1.95 bits per heavy atom. The van der Waals surface area contributed by atoms with E-state index < -0.39 is 0 Å². The van der Waals surface area contributed by atoms with E-state index >= 15 is 0 Å². The average molecular weight is 757 g/mol. The maximum atomic E-state index is 2.62. The summed E-state index contributed by atoms with van der Waals surface area (Å²) in [4.78, 5) is 2.62. The first kappa shape index (κ1) is 32.2. The number of anilines is 2. The van der Waals surface area contributed by atoms with E-state index in [2.05, 4.69) is 211 Å². The van der Waals surface area contributed by atoms with Crippen LogP contribution in [0.2, 0.25) is 0 Å². The lowest BCUT2D eigenvalue weighted by Crippen LogP contribution is -2.34. The molecule has 0 fully saturated rings. The quantitative estimate of drug-likeness (QED) is 0.163. The summed E-state index contributed by atoms with van der Waals surface area (Å²) in [5.74, 6) is 0. The van der Waals surface area contributed by atoms with Crippen molar-refractivity contribution in [3.63, 3.8) is 0 Å². The van der Waals surface area contributed by atoms with Crippen molar-refractivity contribution in [2.75, 3.05) is 4.90 Å². The van der Waals surface area contributed by atoms with E-state index in [1.54, 1.807) is 0 Å². The first-order valence-corrected chi connectivity index (χ1v) is 21.0. The van der Waals surface area contributed by atoms with Gasteiger partial charge in [0.05, 0.1) is 17.1 Å². The van der Waals surface area contributed by atoms with Gasteiger partial charge in [0.25, 0.3) is 0 Å². The molecule has 0 radical (unpaired) electrons. The minimum Gasteiger partial charge on any atom is -0.332 e. The van der Waals surface area contributed by atoms with Gasteiger partial charge in [-0.3, -0.25) is 0 Å². The SMILES string of the molecule is CC12C=Cc3ccc4c(sc5ccccc54)c3C1N(c1ccccc1)c1ccc(-c3ccc4c(c3)c3c5ccccc5c5ccccc5c3n4-c3ccccc3)cc12. The molecule has 58 heavy (non-hydrogen) atoms. The van der Waals surface area contributed by atoms with Crippen molar-refractivity contribution in [1.82, 2.24) is 4.57 Å². The van der Waals surface area contributed by atoms with Crippen molar-refractivity contribution in [3.05, 3.63) is 205 Å². The molecule has 11 aromatic rings. The minimum absolute atomic E-state index is 0.0999. The first-order valence-electron chi connectivity index (χ1n) is 20.2. The summed E-state index contributed by atoms with van der Waals surface area (Å²) >= 11 is 1.94. The van der Waals surface area contributed by atoms with E-state index in [1.807, 2.05) is 11.3 Å². The summed E-state index contributed by atoms with van der Waals surface area (Å²) in [6.45, 7) is 2.46. The Balaban J connectivity index is 1.06. The van der Waals surface area contributed by atoms with Crippen LogP contribution < -0.4 is 4.90 Å². The summed E-state index contributed by atoms with van der Waals surface area (Å²) in [5.41, 5.74) is 12.5. The van der Waals surface area contributed by atoms with Gasteiger partial charge in [0, 0.05) is 64.4 Å². The molecule has 3 heterocycles. The van der Waals surface area contributed by atoms with E-state index in [1.165, 1.54) is 108 Å². The van der Waals surface area contributed by atoms with E-state index in [0.29, 0.717) is 0 Å². The number of benzene rings is 9. The van der Waals surface area contributed by atoms with Gasteiger partial charge in [-0.2, -0.15) is 0 Å². The number of rotatable bonds is 3. The summed E-state index contributed by atoms with van der Waals surface area (Å²) in [7, 11) is 0. The first-order chi connectivity index (χ1) is 28.7. The Hall–Kier alpha value is -6.94. The number of hydrogen-bond acceptors (Lipinski definition) is 2. The molecule has 0 amide bonds. The highest BCUT2D eigenvalue weighted by atomic mass is 32.1. The second-order valence-electron chi connectivity index (χ2n) is 16.2. The van der Waals surface area contributed by atoms with Crippen LogP contribution in [0.1, 0.15) is 29.7 Å². The van der Waals surface area contributed by atoms with Crippen LogP contribution in [-0.2, 0) is 5.41 Å². The van der Waals surface area contributed by atoms with Crippen LogP contribution in [0.4, 0.5) is 11.4 Å². The Morgan fingerprint density at radius 2 is 1.16 bits per heavy atom. The lowest BCUT2D eigenvalue weighted by Gasteiger charge is -2.39. The zero-order valence-electron chi connectivity index (χ0n) is 31.9. The second-order valence-corrected chi connectivity index (χ2v) is 17.3. The van der Waals surface area contributed by atoms with Crippen LogP contribution in [0.25, 0.3) is 86.4 Å². The van der Waals surface area contributed by atoms with Gasteiger partial charge in [0.15, 0.2) is 0 Å². The molecule has 2 aliphatic rings. The maximum Gasteiger partial charge on any atom is 0.0741 e. The monoisotopic (exact) mass is 756 g/mol. The third-order valence-corrected chi connectivity index (χ3v) is 14.4. The van der Waals surface area contributed by atoms with Gasteiger partial charge in [-0.25, -0.2) is 0 Å². The van der Waals surface area contributed by atoms with Crippen molar-refractivity contribution >= 4 is 92.3 Å². The molecule has 0 saturated carbocycles. The molecule has 0 spiro atoms. The van der Waals surface area contributed by atoms with Gasteiger partial charge in [-0.05, 0) is 99.9 Å². The largest absolute Gasteiger partial charge is 0.332 e. The topological polar surface area (TPSA) is 8.17 Å². The standard InChI is InChI=1S/C55H36N2S/c1-55-31-30-34-24-27-44-41-20-12-13-23-49(41)58-53(44)50(34)54(55)57(38-16-6-3-7-17-38)48-29-26-36(33-46(48)55)35-25-28-47-45(32-35)51-42-21-10-8-18-39(42)40-19-9-11-22-43(40)52(51)56(47)37-14-4-2-5-15-37/h2-33,54H,1H3. The Labute approximate surface area is 340 Å². The van der Waals surface area contributed by atoms with E-state index in [4.69, 9.17) is 0 Å². The highest BCUT2D eigenvalue weighted by Gasteiger charge is 2.50. The molecule has 0 bridgehead atoms. The summed E-state index contributed by atoms with van der Waals surface area (Å²) < 4.78 is 5.22. The van der Waals surface area contributed by atoms with Crippen LogP contribution in [-0.4, -0.2) is 4.57 Å². The van der Waals surface area contributed by atoms with Crippen LogP contribution in [0.15, 0.2) is 188 Å². The van der Waals surface area contributed by atoms with E-state index in [0.717, 1.165) is 0 Å². The van der Waals surface area contributed by atoms with Crippen molar-refractivity contribution in [2.45, 2.75) is 18.4 Å². The smallest absolute Gasteiger partial charge is 0.0741 e. The summed E-state index contributed by atoms with van der Waals surface area (Å²) in [6, 6.07) is 67.8. The Kier molecular flexibility index (Phi) is 6.55. The maximum absolute atomic E-state index is 2.62. The lowest BCUT2D eigenvalue weighted by atomic mass is 9.70. The summed E-state index contributed by atoms with van der Waals surface area (Å²) in [5, 5.41) is 10.4.